The molecule has 2 heterocycles. The van der Waals surface area contributed by atoms with E-state index in [1.165, 1.54) is 42.7 Å². The van der Waals surface area contributed by atoms with Crippen LogP contribution in [0.3, 0.4) is 0 Å². The predicted molar refractivity (Wildman–Crippen MR) is 121 cm³/mol. The molecule has 1 aliphatic heterocycles. The van der Waals surface area contributed by atoms with E-state index in [0.29, 0.717) is 19.0 Å². The van der Waals surface area contributed by atoms with Gasteiger partial charge in [-0.3, -0.25) is 4.79 Å². The highest BCUT2D eigenvalue weighted by molar-refractivity contribution is 7.15. The molecule has 0 bridgehead atoms. The average Bonchev–Trinajstić information content (AvgIpc) is 3.27. The molecule has 0 unspecified atom stereocenters. The number of carbonyl (C=O) groups excluding carboxylic acids is 1. The summed E-state index contributed by atoms with van der Waals surface area (Å²) in [4.78, 5) is 16.9. The Labute approximate surface area is 183 Å². The third-order valence-electron chi connectivity index (χ3n) is 6.50. The second kappa shape index (κ2) is 9.33. The predicted octanol–water partition coefficient (Wildman–Crippen LogP) is 4.24. The van der Waals surface area contributed by atoms with Crippen molar-refractivity contribution in [2.45, 2.75) is 58.8 Å². The van der Waals surface area contributed by atoms with Gasteiger partial charge in [-0.2, -0.15) is 0 Å². The molecule has 7 heteroatoms. The van der Waals surface area contributed by atoms with Crippen LogP contribution in [0.1, 0.15) is 59.7 Å². The van der Waals surface area contributed by atoms with Crippen molar-refractivity contribution in [2.24, 2.45) is 0 Å². The number of rotatable bonds is 5. The van der Waals surface area contributed by atoms with Crippen LogP contribution in [-0.2, 0) is 4.79 Å². The lowest BCUT2D eigenvalue weighted by atomic mass is 9.90. The summed E-state index contributed by atoms with van der Waals surface area (Å²) in [5.41, 5.74) is 3.36. The van der Waals surface area contributed by atoms with Gasteiger partial charge >= 0.3 is 0 Å². The number of nitrogens with zero attached hydrogens (tertiary/aromatic N) is 4. The van der Waals surface area contributed by atoms with E-state index in [2.05, 4.69) is 28.1 Å². The van der Waals surface area contributed by atoms with Crippen molar-refractivity contribution in [2.75, 3.05) is 37.7 Å². The number of ether oxygens (including phenoxy) is 1. The van der Waals surface area contributed by atoms with Crippen LogP contribution in [0.4, 0.5) is 5.13 Å². The van der Waals surface area contributed by atoms with Crippen molar-refractivity contribution >= 4 is 22.4 Å². The smallest absolute Gasteiger partial charge is 0.260 e. The van der Waals surface area contributed by atoms with Crippen LogP contribution in [0.5, 0.6) is 5.75 Å². The maximum atomic E-state index is 12.7. The quantitative estimate of drug-likeness (QED) is 0.713. The fourth-order valence-electron chi connectivity index (χ4n) is 4.39. The lowest BCUT2D eigenvalue weighted by Crippen LogP contribution is -2.50. The first-order chi connectivity index (χ1) is 14.5. The number of benzene rings is 1. The molecule has 0 radical (unpaired) electrons. The van der Waals surface area contributed by atoms with Crippen LogP contribution in [0, 0.1) is 20.8 Å². The average molecular weight is 429 g/mol. The van der Waals surface area contributed by atoms with Crippen molar-refractivity contribution in [1.82, 2.24) is 15.1 Å². The van der Waals surface area contributed by atoms with Gasteiger partial charge in [0.05, 0.1) is 0 Å². The summed E-state index contributed by atoms with van der Waals surface area (Å²) in [6.45, 7) is 9.23. The zero-order chi connectivity index (χ0) is 21.1. The minimum absolute atomic E-state index is 0.0510. The lowest BCUT2D eigenvalue weighted by Gasteiger charge is -2.34. The van der Waals surface area contributed by atoms with Gasteiger partial charge in [0.15, 0.2) is 6.61 Å². The van der Waals surface area contributed by atoms with Crippen molar-refractivity contribution < 1.29 is 9.53 Å². The lowest BCUT2D eigenvalue weighted by molar-refractivity contribution is -0.133. The van der Waals surface area contributed by atoms with Gasteiger partial charge < -0.3 is 14.5 Å². The summed E-state index contributed by atoms with van der Waals surface area (Å²) in [5, 5.41) is 11.1. The van der Waals surface area contributed by atoms with E-state index < -0.39 is 0 Å². The molecule has 162 valence electrons. The van der Waals surface area contributed by atoms with E-state index in [4.69, 9.17) is 4.74 Å². The molecule has 6 nitrogen and oxygen atoms in total. The van der Waals surface area contributed by atoms with Crippen molar-refractivity contribution in [3.63, 3.8) is 0 Å². The van der Waals surface area contributed by atoms with Gasteiger partial charge in [-0.05, 0) is 50.3 Å². The van der Waals surface area contributed by atoms with Crippen LogP contribution < -0.4 is 9.64 Å². The summed E-state index contributed by atoms with van der Waals surface area (Å²) in [6, 6.07) is 4.14. The van der Waals surface area contributed by atoms with E-state index in [0.717, 1.165) is 35.1 Å². The number of carbonyl (C=O) groups is 1. The summed E-state index contributed by atoms with van der Waals surface area (Å²) < 4.78 is 5.92. The number of aromatic nitrogens is 2. The molecular formula is C23H32N4O2S. The van der Waals surface area contributed by atoms with E-state index in [1.807, 2.05) is 24.8 Å². The highest BCUT2D eigenvalue weighted by atomic mass is 32.1. The highest BCUT2D eigenvalue weighted by Crippen LogP contribution is 2.36. The van der Waals surface area contributed by atoms with Crippen LogP contribution in [0.25, 0.3) is 0 Å². The second-order valence-corrected chi connectivity index (χ2v) is 9.56. The molecule has 1 aromatic heterocycles. The summed E-state index contributed by atoms with van der Waals surface area (Å²) >= 11 is 1.74. The molecular weight excluding hydrogens is 396 g/mol. The minimum atomic E-state index is 0.0510. The maximum Gasteiger partial charge on any atom is 0.260 e. The third kappa shape index (κ3) is 4.61. The fraction of sp³-hybridized carbons (Fsp3) is 0.609. The Kier molecular flexibility index (Phi) is 6.56. The topological polar surface area (TPSA) is 58.6 Å². The first-order valence-electron chi connectivity index (χ1n) is 11.1. The van der Waals surface area contributed by atoms with Gasteiger partial charge in [-0.15, -0.1) is 10.2 Å². The molecule has 30 heavy (non-hydrogen) atoms. The molecule has 0 N–H and O–H groups in total. The molecule has 4 rings (SSSR count). The summed E-state index contributed by atoms with van der Waals surface area (Å²) in [7, 11) is 0. The first kappa shape index (κ1) is 21.1. The minimum Gasteiger partial charge on any atom is -0.483 e. The van der Waals surface area contributed by atoms with Crippen LogP contribution in [-0.4, -0.2) is 53.8 Å². The van der Waals surface area contributed by atoms with E-state index in [9.17, 15) is 4.79 Å². The Balaban J connectivity index is 1.29. The molecule has 0 atom stereocenters. The zero-order valence-electron chi connectivity index (χ0n) is 18.3. The number of piperazine rings is 1. The van der Waals surface area contributed by atoms with E-state index in [1.54, 1.807) is 11.3 Å². The number of anilines is 1. The van der Waals surface area contributed by atoms with Crippen molar-refractivity contribution in [1.29, 1.82) is 0 Å². The summed E-state index contributed by atoms with van der Waals surface area (Å²) in [5.74, 6) is 1.49. The maximum absolute atomic E-state index is 12.7. The van der Waals surface area contributed by atoms with E-state index >= 15 is 0 Å². The Morgan fingerprint density at radius 2 is 1.73 bits per heavy atom. The van der Waals surface area contributed by atoms with Crippen molar-refractivity contribution in [3.05, 3.63) is 33.8 Å². The summed E-state index contributed by atoms with van der Waals surface area (Å²) in [6.07, 6.45) is 6.46. The van der Waals surface area contributed by atoms with Gasteiger partial charge in [0.25, 0.3) is 5.91 Å². The zero-order valence-corrected chi connectivity index (χ0v) is 19.1. The van der Waals surface area contributed by atoms with Gasteiger partial charge in [-0.1, -0.05) is 42.7 Å². The van der Waals surface area contributed by atoms with E-state index in [-0.39, 0.29) is 12.5 Å². The molecule has 2 fully saturated rings. The standard InChI is InChI=1S/C23H32N4O2S/c1-16-9-10-17(2)21(18(16)3)29-15-20(28)26-11-13-27(14-12-26)23-25-24-22(30-23)19-7-5-4-6-8-19/h9-10,19H,4-8,11-15H2,1-3H3. The first-order valence-corrected chi connectivity index (χ1v) is 11.9. The van der Waals surface area contributed by atoms with Gasteiger partial charge in [0.1, 0.15) is 10.8 Å². The molecule has 1 aromatic carbocycles. The third-order valence-corrected chi connectivity index (χ3v) is 7.65. The second-order valence-electron chi connectivity index (χ2n) is 8.57. The molecule has 1 saturated carbocycles. The monoisotopic (exact) mass is 428 g/mol. The normalized spacial score (nSPS) is 18.0. The molecule has 0 spiro atoms. The Morgan fingerprint density at radius 1 is 1.03 bits per heavy atom. The molecule has 2 aliphatic rings. The highest BCUT2D eigenvalue weighted by Gasteiger charge is 2.26. The number of hydrogen-bond acceptors (Lipinski definition) is 6. The SMILES string of the molecule is Cc1ccc(C)c(OCC(=O)N2CCN(c3nnc(C4CCCCC4)s3)CC2)c1C. The number of amides is 1. The van der Waals surface area contributed by atoms with Crippen LogP contribution >= 0.6 is 11.3 Å². The van der Waals surface area contributed by atoms with Crippen molar-refractivity contribution in [3.8, 4) is 5.75 Å². The molecule has 1 saturated heterocycles. The number of hydrogen-bond donors (Lipinski definition) is 0. The van der Waals surface area contributed by atoms with Crippen LogP contribution in [0.2, 0.25) is 0 Å². The van der Waals surface area contributed by atoms with Gasteiger partial charge in [0.2, 0.25) is 5.13 Å². The van der Waals surface area contributed by atoms with Gasteiger partial charge in [0, 0.05) is 32.1 Å². The van der Waals surface area contributed by atoms with Gasteiger partial charge in [-0.25, -0.2) is 0 Å². The molecule has 1 aliphatic carbocycles. The van der Waals surface area contributed by atoms with Crippen LogP contribution in [0.15, 0.2) is 12.1 Å². The Hall–Kier alpha value is -2.15. The molecule has 2 aromatic rings. The Bertz CT molecular complexity index is 883. The Morgan fingerprint density at radius 3 is 2.47 bits per heavy atom. The fourth-order valence-corrected chi connectivity index (χ4v) is 5.45. The molecule has 1 amide bonds. The largest absolute Gasteiger partial charge is 0.483 e. The number of aryl methyl sites for hydroxylation is 2.